The van der Waals surface area contributed by atoms with Gasteiger partial charge in [-0.05, 0) is 38.9 Å². The van der Waals surface area contributed by atoms with E-state index in [1.54, 1.807) is 13.0 Å². The highest BCUT2D eigenvalue weighted by atomic mass is 19.1. The number of hydrogen-bond donors (Lipinski definition) is 0. The van der Waals surface area contributed by atoms with Crippen LogP contribution in [0.1, 0.15) is 35.7 Å². The highest BCUT2D eigenvalue weighted by Gasteiger charge is 2.20. The monoisotopic (exact) mass is 279 g/mol. The minimum absolute atomic E-state index is 0.0334. The highest BCUT2D eigenvalue weighted by Crippen LogP contribution is 2.17. The highest BCUT2D eigenvalue weighted by molar-refractivity contribution is 6.40. The van der Waals surface area contributed by atoms with Crippen LogP contribution < -0.4 is 0 Å². The Labute approximate surface area is 117 Å². The molecule has 0 amide bonds. The molecule has 5 heteroatoms. The predicted octanol–water partition coefficient (Wildman–Crippen LogP) is 2.17. The number of ether oxygens (including phenoxy) is 1. The average molecular weight is 279 g/mol. The van der Waals surface area contributed by atoms with Crippen LogP contribution in [0.15, 0.2) is 18.2 Å². The fourth-order valence-electron chi connectivity index (χ4n) is 2.31. The van der Waals surface area contributed by atoms with Crippen molar-refractivity contribution in [1.29, 1.82) is 0 Å². The molecule has 0 spiro atoms. The lowest BCUT2D eigenvalue weighted by Gasteiger charge is -2.15. The van der Waals surface area contributed by atoms with E-state index in [4.69, 9.17) is 0 Å². The second-order valence-corrected chi connectivity index (χ2v) is 4.84. The van der Waals surface area contributed by atoms with Crippen LogP contribution in [0.2, 0.25) is 0 Å². The van der Waals surface area contributed by atoms with E-state index in [1.165, 1.54) is 6.07 Å². The van der Waals surface area contributed by atoms with Crippen molar-refractivity contribution in [3.05, 3.63) is 35.1 Å². The number of halogens is 1. The third-order valence-electron chi connectivity index (χ3n) is 3.37. The van der Waals surface area contributed by atoms with E-state index in [1.807, 2.05) is 0 Å². The molecule has 1 aliphatic heterocycles. The molecule has 4 nitrogen and oxygen atoms in total. The lowest BCUT2D eigenvalue weighted by molar-refractivity contribution is -0.137. The Morgan fingerprint density at radius 1 is 1.30 bits per heavy atom. The molecule has 1 aromatic carbocycles. The SMILES string of the molecule is CCOC(=O)C(=O)c1ccc(CN2CCCC2)c(F)c1. The lowest BCUT2D eigenvalue weighted by Crippen LogP contribution is -2.20. The van der Waals surface area contributed by atoms with E-state index in [2.05, 4.69) is 9.64 Å². The molecule has 1 saturated heterocycles. The summed E-state index contributed by atoms with van der Waals surface area (Å²) in [4.78, 5) is 25.2. The number of carbonyl (C=O) groups is 2. The van der Waals surface area contributed by atoms with E-state index in [9.17, 15) is 14.0 Å². The molecule has 1 fully saturated rings. The fourth-order valence-corrected chi connectivity index (χ4v) is 2.31. The van der Waals surface area contributed by atoms with Crippen LogP contribution >= 0.6 is 0 Å². The molecule has 0 saturated carbocycles. The molecule has 0 aliphatic carbocycles. The Kier molecular flexibility index (Phi) is 4.84. The van der Waals surface area contributed by atoms with Gasteiger partial charge in [-0.2, -0.15) is 0 Å². The number of hydrogen-bond acceptors (Lipinski definition) is 4. The number of ketones is 1. The van der Waals surface area contributed by atoms with Crippen molar-refractivity contribution < 1.29 is 18.7 Å². The van der Waals surface area contributed by atoms with Crippen molar-refractivity contribution in [1.82, 2.24) is 4.90 Å². The first-order chi connectivity index (χ1) is 9.61. The fraction of sp³-hybridized carbons (Fsp3) is 0.467. The molecular weight excluding hydrogens is 261 g/mol. The number of benzene rings is 1. The van der Waals surface area contributed by atoms with E-state index in [0.717, 1.165) is 32.0 Å². The maximum Gasteiger partial charge on any atom is 0.379 e. The van der Waals surface area contributed by atoms with Gasteiger partial charge in [0.25, 0.3) is 5.78 Å². The number of esters is 1. The Morgan fingerprint density at radius 3 is 2.60 bits per heavy atom. The zero-order valence-electron chi connectivity index (χ0n) is 11.5. The van der Waals surface area contributed by atoms with E-state index >= 15 is 0 Å². The molecule has 0 atom stereocenters. The first kappa shape index (κ1) is 14.7. The van der Waals surface area contributed by atoms with Gasteiger partial charge in [-0.15, -0.1) is 0 Å². The summed E-state index contributed by atoms with van der Waals surface area (Å²) in [6.45, 7) is 4.23. The molecule has 1 aromatic rings. The maximum absolute atomic E-state index is 14.0. The Balaban J connectivity index is 2.08. The van der Waals surface area contributed by atoms with Gasteiger partial charge in [0.1, 0.15) is 5.82 Å². The first-order valence-electron chi connectivity index (χ1n) is 6.84. The minimum atomic E-state index is -0.945. The van der Waals surface area contributed by atoms with Gasteiger partial charge in [-0.25, -0.2) is 9.18 Å². The molecular formula is C15H18FNO3. The standard InChI is InChI=1S/C15H18FNO3/c1-2-20-15(19)14(18)11-5-6-12(13(16)9-11)10-17-7-3-4-8-17/h5-6,9H,2-4,7-8,10H2,1H3. The summed E-state index contributed by atoms with van der Waals surface area (Å²) in [7, 11) is 0. The second kappa shape index (κ2) is 6.61. The minimum Gasteiger partial charge on any atom is -0.460 e. The quantitative estimate of drug-likeness (QED) is 0.471. The summed E-state index contributed by atoms with van der Waals surface area (Å²) in [5.74, 6) is -2.20. The zero-order valence-corrected chi connectivity index (χ0v) is 11.5. The second-order valence-electron chi connectivity index (χ2n) is 4.84. The van der Waals surface area contributed by atoms with Crippen molar-refractivity contribution in [3.63, 3.8) is 0 Å². The van der Waals surface area contributed by atoms with Crippen LogP contribution in [-0.2, 0) is 16.1 Å². The lowest BCUT2D eigenvalue weighted by atomic mass is 10.1. The Morgan fingerprint density at radius 2 is 2.00 bits per heavy atom. The molecule has 1 aliphatic rings. The normalized spacial score (nSPS) is 15.3. The molecule has 0 N–H and O–H groups in total. The summed E-state index contributed by atoms with van der Waals surface area (Å²) in [6, 6.07) is 4.17. The van der Waals surface area contributed by atoms with Gasteiger partial charge in [-0.3, -0.25) is 9.69 Å². The topological polar surface area (TPSA) is 46.6 Å². The summed E-state index contributed by atoms with van der Waals surface area (Å²) in [5.41, 5.74) is 0.582. The van der Waals surface area contributed by atoms with Crippen LogP contribution in [0.3, 0.4) is 0 Å². The van der Waals surface area contributed by atoms with Crippen molar-refractivity contribution in [2.45, 2.75) is 26.3 Å². The molecule has 0 unspecified atom stereocenters. The van der Waals surface area contributed by atoms with Crippen molar-refractivity contribution in [2.75, 3.05) is 19.7 Å². The Hall–Kier alpha value is -1.75. The largest absolute Gasteiger partial charge is 0.460 e. The van der Waals surface area contributed by atoms with Crippen LogP contribution in [0.4, 0.5) is 4.39 Å². The number of rotatable bonds is 5. The van der Waals surface area contributed by atoms with Gasteiger partial charge in [0.2, 0.25) is 0 Å². The number of nitrogens with zero attached hydrogens (tertiary/aromatic N) is 1. The molecule has 0 aromatic heterocycles. The van der Waals surface area contributed by atoms with Crippen molar-refractivity contribution in [3.8, 4) is 0 Å². The maximum atomic E-state index is 14.0. The van der Waals surface area contributed by atoms with Gasteiger partial charge in [-0.1, -0.05) is 12.1 Å². The molecule has 0 bridgehead atoms. The molecule has 1 heterocycles. The van der Waals surface area contributed by atoms with E-state index < -0.39 is 17.6 Å². The Bertz CT molecular complexity index is 510. The van der Waals surface area contributed by atoms with Gasteiger partial charge >= 0.3 is 5.97 Å². The van der Waals surface area contributed by atoms with Crippen molar-refractivity contribution in [2.24, 2.45) is 0 Å². The summed E-state index contributed by atoms with van der Waals surface area (Å²) < 4.78 is 18.6. The van der Waals surface area contributed by atoms with E-state index in [-0.39, 0.29) is 12.2 Å². The zero-order chi connectivity index (χ0) is 14.5. The van der Waals surface area contributed by atoms with Crippen molar-refractivity contribution >= 4 is 11.8 Å². The number of likely N-dealkylation sites (tertiary alicyclic amines) is 1. The van der Waals surface area contributed by atoms with Crippen LogP contribution in [-0.4, -0.2) is 36.3 Å². The number of Topliss-reactive ketones (excluding diaryl/α,β-unsaturated/α-hetero) is 1. The van der Waals surface area contributed by atoms with Gasteiger partial charge < -0.3 is 4.74 Å². The third-order valence-corrected chi connectivity index (χ3v) is 3.37. The average Bonchev–Trinajstić information content (AvgIpc) is 2.93. The first-order valence-corrected chi connectivity index (χ1v) is 6.84. The summed E-state index contributed by atoms with van der Waals surface area (Å²) >= 11 is 0. The third kappa shape index (κ3) is 3.42. The summed E-state index contributed by atoms with van der Waals surface area (Å²) in [5, 5.41) is 0. The smallest absolute Gasteiger partial charge is 0.379 e. The van der Waals surface area contributed by atoms with Crippen LogP contribution in [0.5, 0.6) is 0 Å². The van der Waals surface area contributed by atoms with Crippen LogP contribution in [0.25, 0.3) is 0 Å². The van der Waals surface area contributed by atoms with Gasteiger partial charge in [0.05, 0.1) is 6.61 Å². The molecule has 2 rings (SSSR count). The predicted molar refractivity (Wildman–Crippen MR) is 71.9 cm³/mol. The van der Waals surface area contributed by atoms with Crippen LogP contribution in [0, 0.1) is 5.82 Å². The van der Waals surface area contributed by atoms with Gasteiger partial charge in [0.15, 0.2) is 0 Å². The summed E-state index contributed by atoms with van der Waals surface area (Å²) in [6.07, 6.45) is 2.28. The molecule has 20 heavy (non-hydrogen) atoms. The molecule has 0 radical (unpaired) electrons. The van der Waals surface area contributed by atoms with E-state index in [0.29, 0.717) is 12.1 Å². The molecule has 108 valence electrons. The van der Waals surface area contributed by atoms with Gasteiger partial charge in [0, 0.05) is 17.7 Å². The number of carbonyl (C=O) groups excluding carboxylic acids is 2.